The molecule has 0 aliphatic heterocycles. The smallest absolute Gasteiger partial charge is 0.0379 e. The average molecular weight is 479 g/mol. The summed E-state index contributed by atoms with van der Waals surface area (Å²) in [6.45, 7) is 33.6. The molecule has 0 nitrogen and oxygen atoms in total. The summed E-state index contributed by atoms with van der Waals surface area (Å²) >= 11 is 0. The molecule has 0 bridgehead atoms. The first-order chi connectivity index (χ1) is 8.66. The molecule has 0 aromatic carbocycles. The Hall–Kier alpha value is 2.56. The zero-order valence-electron chi connectivity index (χ0n) is 17.6. The molecule has 0 aliphatic rings. The van der Waals surface area contributed by atoms with Gasteiger partial charge in [0.05, 0.1) is 0 Å². The molecule has 0 heterocycles. The molecule has 0 amide bonds. The van der Waals surface area contributed by atoms with Gasteiger partial charge >= 0.3 is 0 Å². The Bertz CT molecular complexity index is 84.2. The molecule has 1 radical (unpaired) electrons. The first kappa shape index (κ1) is 38.9. The van der Waals surface area contributed by atoms with Crippen LogP contribution in [0.4, 0.5) is 0 Å². The van der Waals surface area contributed by atoms with Crippen LogP contribution in [0.1, 0.15) is 0 Å². The van der Waals surface area contributed by atoms with Crippen molar-refractivity contribution >= 4 is 40.5 Å². The van der Waals surface area contributed by atoms with Crippen molar-refractivity contribution in [3.05, 3.63) is 0 Å². The molecule has 0 rings (SSSR count). The maximum atomic E-state index is 2.27. The van der Waals surface area contributed by atoms with E-state index in [0.717, 1.165) is 0 Å². The van der Waals surface area contributed by atoms with E-state index in [1.165, 1.54) is 0 Å². The molecule has 0 saturated heterocycles. The first-order valence-electron chi connectivity index (χ1n) is 6.87. The molecule has 0 aromatic rings. The number of hydrogen-bond donors (Lipinski definition) is 0. The van der Waals surface area contributed by atoms with Crippen LogP contribution in [-0.4, -0.2) is 88.8 Å². The monoisotopic (exact) mass is 479 g/mol. The summed E-state index contributed by atoms with van der Waals surface area (Å²) < 4.78 is 0. The molecule has 0 aromatic heterocycles. The van der Waals surface area contributed by atoms with Gasteiger partial charge < -0.3 is 0 Å². The molecule has 0 unspecified atom stereocenters. The van der Waals surface area contributed by atoms with Gasteiger partial charge in [-0.2, -0.15) is 0 Å². The maximum absolute atomic E-state index is 2.27. The molecular formula is C15H45P4RuSi. The van der Waals surface area contributed by atoms with Gasteiger partial charge in [-0.3, -0.25) is 0 Å². The fourth-order valence-corrected chi connectivity index (χ4v) is 0. The summed E-state index contributed by atoms with van der Waals surface area (Å²) in [7, 11) is 1.64. The third-order valence-corrected chi connectivity index (χ3v) is 0. The minimum atomic E-state index is 0. The summed E-state index contributed by atoms with van der Waals surface area (Å²) in [4.78, 5) is 0. The van der Waals surface area contributed by atoms with Crippen LogP contribution >= 0.6 is 31.7 Å². The largest absolute Gasteiger partial charge is 0.116 e. The Morgan fingerprint density at radius 2 is 0.381 bits per heavy atom. The molecule has 0 spiro atoms. The van der Waals surface area contributed by atoms with Crippen LogP contribution in [0.2, 0.25) is 19.6 Å². The minimum absolute atomic E-state index is 0. The van der Waals surface area contributed by atoms with Gasteiger partial charge in [0.15, 0.2) is 0 Å². The molecule has 0 saturated carbocycles. The van der Waals surface area contributed by atoms with Gasteiger partial charge in [0.1, 0.15) is 0 Å². The van der Waals surface area contributed by atoms with E-state index < -0.39 is 0 Å². The average Bonchev–Trinajstić information content (AvgIpc) is 1.94. The normalized spacial score (nSPS) is 8.57. The number of rotatable bonds is 0. The zero-order chi connectivity index (χ0) is 17.9. The van der Waals surface area contributed by atoms with Crippen LogP contribution in [-0.2, 0) is 19.5 Å². The van der Waals surface area contributed by atoms with Crippen LogP contribution < -0.4 is 0 Å². The van der Waals surface area contributed by atoms with Crippen LogP contribution in [0.3, 0.4) is 0 Å². The second-order valence-corrected chi connectivity index (χ2v) is 20.6. The van der Waals surface area contributed by atoms with E-state index in [4.69, 9.17) is 0 Å². The van der Waals surface area contributed by atoms with Crippen molar-refractivity contribution in [3.63, 3.8) is 0 Å². The van der Waals surface area contributed by atoms with Gasteiger partial charge in [-0.15, -0.1) is 31.7 Å². The van der Waals surface area contributed by atoms with Gasteiger partial charge in [-0.1, -0.05) is 19.6 Å². The second kappa shape index (κ2) is 34.0. The van der Waals surface area contributed by atoms with E-state index in [0.29, 0.717) is 31.7 Å². The van der Waals surface area contributed by atoms with Crippen molar-refractivity contribution in [1.82, 2.24) is 0 Å². The van der Waals surface area contributed by atoms with Crippen LogP contribution in [0, 0.1) is 0 Å². The summed E-state index contributed by atoms with van der Waals surface area (Å²) in [6, 6.07) is 0. The Morgan fingerprint density at radius 1 is 0.381 bits per heavy atom. The van der Waals surface area contributed by atoms with Gasteiger partial charge in [-0.05, 0) is 80.0 Å². The van der Waals surface area contributed by atoms with Gasteiger partial charge in [0.2, 0.25) is 0 Å². The van der Waals surface area contributed by atoms with Gasteiger partial charge in [-0.25, -0.2) is 0 Å². The van der Waals surface area contributed by atoms with Crippen molar-refractivity contribution in [1.29, 1.82) is 0 Å². The predicted octanol–water partition coefficient (Wildman–Crippen LogP) is 6.80. The topological polar surface area (TPSA) is 0 Å². The first-order valence-corrected chi connectivity index (χ1v) is 20.6. The van der Waals surface area contributed by atoms with Crippen LogP contribution in [0.5, 0.6) is 0 Å². The Morgan fingerprint density at radius 3 is 0.381 bits per heavy atom. The summed E-state index contributed by atoms with van der Waals surface area (Å²) in [6.07, 6.45) is 0. The van der Waals surface area contributed by atoms with E-state index in [-0.39, 0.29) is 28.3 Å². The van der Waals surface area contributed by atoms with Crippen LogP contribution in [0.15, 0.2) is 0 Å². The third kappa shape index (κ3) is 1450. The molecule has 137 valence electrons. The quantitative estimate of drug-likeness (QED) is 0.265. The summed E-state index contributed by atoms with van der Waals surface area (Å²) in [5, 5.41) is 0. The van der Waals surface area contributed by atoms with Crippen molar-refractivity contribution < 1.29 is 19.5 Å². The van der Waals surface area contributed by atoms with Crippen molar-refractivity contribution in [3.8, 4) is 0 Å². The molecule has 0 N–H and O–H groups in total. The standard InChI is InChI=1S/4C3H9P.C3H9Si.Ru/c5*1-4(2)3;/h5*1-3H3;. The molecule has 0 atom stereocenters. The molecule has 21 heavy (non-hydrogen) atoms. The molecule has 0 fully saturated rings. The summed E-state index contributed by atoms with van der Waals surface area (Å²) in [5.74, 6) is 0. The van der Waals surface area contributed by atoms with E-state index in [9.17, 15) is 0 Å². The van der Waals surface area contributed by atoms with E-state index in [1.54, 1.807) is 0 Å². The number of hydrogen-bond acceptors (Lipinski definition) is 0. The second-order valence-electron chi connectivity index (χ2n) is 6.87. The van der Waals surface area contributed by atoms with Crippen molar-refractivity contribution in [2.75, 3.05) is 80.0 Å². The Balaban J connectivity index is -0.0000000331. The van der Waals surface area contributed by atoms with E-state index >= 15 is 0 Å². The Kier molecular flexibility index (Phi) is 63.0. The van der Waals surface area contributed by atoms with Gasteiger partial charge in [0.25, 0.3) is 0 Å². The van der Waals surface area contributed by atoms with Crippen molar-refractivity contribution in [2.45, 2.75) is 19.6 Å². The fraction of sp³-hybridized carbons (Fsp3) is 1.00. The molecule has 6 heteroatoms. The van der Waals surface area contributed by atoms with Gasteiger partial charge in [0, 0.05) is 28.3 Å². The Labute approximate surface area is 159 Å². The fourth-order valence-electron chi connectivity index (χ4n) is 0. The summed E-state index contributed by atoms with van der Waals surface area (Å²) in [5.41, 5.74) is 0. The molecular weight excluding hydrogens is 433 g/mol. The zero-order valence-corrected chi connectivity index (χ0v) is 24.0. The third-order valence-electron chi connectivity index (χ3n) is 0. The minimum Gasteiger partial charge on any atom is -0.116 e. The van der Waals surface area contributed by atoms with E-state index in [1.807, 2.05) is 0 Å². The predicted molar refractivity (Wildman–Crippen MR) is 122 cm³/mol. The molecule has 0 aliphatic carbocycles. The van der Waals surface area contributed by atoms with Crippen molar-refractivity contribution in [2.24, 2.45) is 0 Å². The van der Waals surface area contributed by atoms with E-state index in [2.05, 4.69) is 99.6 Å². The maximum Gasteiger partial charge on any atom is 0.0379 e. The van der Waals surface area contributed by atoms with Crippen LogP contribution in [0.25, 0.3) is 0 Å². The SMILES string of the molecule is CP(C)C.CP(C)C.CP(C)C.CP(C)C.C[Si](C)C.[Ru].